The van der Waals surface area contributed by atoms with E-state index in [0.717, 1.165) is 18.1 Å². The first-order chi connectivity index (χ1) is 9.88. The van der Waals surface area contributed by atoms with Crippen molar-refractivity contribution in [2.24, 2.45) is 0 Å². The maximum atomic E-state index is 5.82. The minimum atomic E-state index is 0.141. The number of hydrogen-bond donors (Lipinski definition) is 1. The van der Waals surface area contributed by atoms with E-state index in [9.17, 15) is 0 Å². The number of nitrogens with zero attached hydrogens (tertiary/aromatic N) is 2. The molecule has 4 heteroatoms. The molecule has 1 aromatic heterocycles. The maximum absolute atomic E-state index is 5.82. The van der Waals surface area contributed by atoms with E-state index < -0.39 is 0 Å². The fraction of sp³-hybridized carbons (Fsp3) is 0.412. The summed E-state index contributed by atoms with van der Waals surface area (Å²) >= 11 is 0. The topological polar surface area (TPSA) is 47.0 Å². The molecule has 0 radical (unpaired) electrons. The number of nitrogens with one attached hydrogen (secondary N) is 1. The van der Waals surface area contributed by atoms with E-state index in [1.54, 1.807) is 0 Å². The minimum absolute atomic E-state index is 0.141. The van der Waals surface area contributed by atoms with Crippen LogP contribution in [0, 0.1) is 6.92 Å². The lowest BCUT2D eigenvalue weighted by Crippen LogP contribution is -2.10. The number of ether oxygens (including phenoxy) is 1. The summed E-state index contributed by atoms with van der Waals surface area (Å²) in [6.07, 6.45) is 0. The number of aromatic nitrogens is 2. The van der Waals surface area contributed by atoms with Gasteiger partial charge >= 0.3 is 0 Å². The highest BCUT2D eigenvalue weighted by atomic mass is 16.5. The quantitative estimate of drug-likeness (QED) is 0.909. The lowest BCUT2D eigenvalue weighted by Gasteiger charge is -2.19. The smallest absolute Gasteiger partial charge is 0.224 e. The average molecular weight is 285 g/mol. The molecule has 0 unspecified atom stereocenters. The molecule has 0 amide bonds. The third-order valence-electron chi connectivity index (χ3n) is 3.12. The molecule has 1 heterocycles. The third kappa shape index (κ3) is 4.18. The average Bonchev–Trinajstić information content (AvgIpc) is 2.38. The van der Waals surface area contributed by atoms with Crippen molar-refractivity contribution in [1.29, 1.82) is 0 Å². The van der Waals surface area contributed by atoms with E-state index >= 15 is 0 Å². The summed E-state index contributed by atoms with van der Waals surface area (Å²) in [6.45, 7) is 11.3. The first-order valence-electron chi connectivity index (χ1n) is 7.26. The van der Waals surface area contributed by atoms with E-state index in [0.29, 0.717) is 11.7 Å². The Morgan fingerprint density at radius 3 is 2.33 bits per heavy atom. The van der Waals surface area contributed by atoms with Crippen LogP contribution in [0.5, 0.6) is 11.6 Å². The van der Waals surface area contributed by atoms with Crippen molar-refractivity contribution in [3.05, 3.63) is 41.7 Å². The summed E-state index contributed by atoms with van der Waals surface area (Å²) < 4.78 is 5.82. The van der Waals surface area contributed by atoms with Crippen LogP contribution in [0.15, 0.2) is 30.3 Å². The Kier molecular flexibility index (Phi) is 4.46. The number of rotatable bonds is 4. The molecule has 0 bridgehead atoms. The summed E-state index contributed by atoms with van der Waals surface area (Å²) in [5.74, 6) is 2.81. The van der Waals surface area contributed by atoms with Gasteiger partial charge in [-0.1, -0.05) is 32.9 Å². The molecule has 2 rings (SSSR count). The Balaban J connectivity index is 2.18. The van der Waals surface area contributed by atoms with Crippen LogP contribution in [0.1, 0.15) is 39.1 Å². The van der Waals surface area contributed by atoms with Gasteiger partial charge in [0.1, 0.15) is 17.4 Å². The fourth-order valence-corrected chi connectivity index (χ4v) is 2.01. The summed E-state index contributed by atoms with van der Waals surface area (Å²) in [5.41, 5.74) is 1.42. The van der Waals surface area contributed by atoms with Gasteiger partial charge < -0.3 is 10.1 Å². The van der Waals surface area contributed by atoms with Crippen molar-refractivity contribution >= 4 is 5.82 Å². The van der Waals surface area contributed by atoms with Crippen LogP contribution >= 0.6 is 0 Å². The molecule has 21 heavy (non-hydrogen) atoms. The van der Waals surface area contributed by atoms with Gasteiger partial charge in [0, 0.05) is 12.6 Å². The molecule has 0 fully saturated rings. The van der Waals surface area contributed by atoms with Gasteiger partial charge in [-0.25, -0.2) is 4.98 Å². The van der Waals surface area contributed by atoms with E-state index in [-0.39, 0.29) is 5.41 Å². The Morgan fingerprint density at radius 1 is 1.10 bits per heavy atom. The number of anilines is 1. The number of benzene rings is 1. The van der Waals surface area contributed by atoms with Gasteiger partial charge in [0.25, 0.3) is 0 Å². The van der Waals surface area contributed by atoms with Crippen molar-refractivity contribution in [2.75, 3.05) is 11.9 Å². The van der Waals surface area contributed by atoms with E-state index in [2.05, 4.69) is 48.2 Å². The summed E-state index contributed by atoms with van der Waals surface area (Å²) in [5, 5.41) is 3.17. The van der Waals surface area contributed by atoms with Gasteiger partial charge in [-0.05, 0) is 37.0 Å². The molecule has 0 aliphatic carbocycles. The first-order valence-corrected chi connectivity index (χ1v) is 7.26. The van der Waals surface area contributed by atoms with Crippen LogP contribution in [0.4, 0.5) is 5.82 Å². The lowest BCUT2D eigenvalue weighted by atomic mass is 9.87. The predicted octanol–water partition coefficient (Wildman–Crippen LogP) is 4.31. The monoisotopic (exact) mass is 285 g/mol. The van der Waals surface area contributed by atoms with Crippen molar-refractivity contribution in [1.82, 2.24) is 9.97 Å². The van der Waals surface area contributed by atoms with Crippen LogP contribution in [0.3, 0.4) is 0 Å². The zero-order valence-corrected chi connectivity index (χ0v) is 13.4. The highest BCUT2D eigenvalue weighted by Gasteiger charge is 2.13. The molecule has 0 saturated heterocycles. The normalized spacial score (nSPS) is 11.3. The van der Waals surface area contributed by atoms with Crippen LogP contribution in [-0.2, 0) is 5.41 Å². The predicted molar refractivity (Wildman–Crippen MR) is 86.1 cm³/mol. The Hall–Kier alpha value is -2.10. The molecule has 112 valence electrons. The highest BCUT2D eigenvalue weighted by molar-refractivity contribution is 5.40. The fourth-order valence-electron chi connectivity index (χ4n) is 2.01. The molecule has 0 aliphatic rings. The molecule has 0 spiro atoms. The van der Waals surface area contributed by atoms with Gasteiger partial charge in [-0.15, -0.1) is 0 Å². The van der Waals surface area contributed by atoms with Gasteiger partial charge in [-0.2, -0.15) is 4.98 Å². The zero-order valence-electron chi connectivity index (χ0n) is 13.4. The van der Waals surface area contributed by atoms with E-state index in [1.807, 2.05) is 32.0 Å². The van der Waals surface area contributed by atoms with Crippen molar-refractivity contribution in [2.45, 2.75) is 40.0 Å². The van der Waals surface area contributed by atoms with Gasteiger partial charge in [-0.3, -0.25) is 0 Å². The molecular formula is C17H23N3O. The Labute approximate surface area is 126 Å². The van der Waals surface area contributed by atoms with Crippen LogP contribution in [0.25, 0.3) is 0 Å². The third-order valence-corrected chi connectivity index (χ3v) is 3.12. The Morgan fingerprint density at radius 2 is 1.76 bits per heavy atom. The second-order valence-electron chi connectivity index (χ2n) is 6.05. The van der Waals surface area contributed by atoms with Crippen LogP contribution < -0.4 is 10.1 Å². The number of hydrogen-bond acceptors (Lipinski definition) is 4. The standard InChI is InChI=1S/C17H23N3O/c1-6-18-15-11-16(20-12(2)19-15)21-14-9-7-13(8-10-14)17(3,4)5/h7-11H,6H2,1-5H3,(H,18,19,20). The van der Waals surface area contributed by atoms with Crippen molar-refractivity contribution < 1.29 is 4.74 Å². The zero-order chi connectivity index (χ0) is 15.5. The molecule has 2 aromatic rings. The first kappa shape index (κ1) is 15.3. The highest BCUT2D eigenvalue weighted by Crippen LogP contribution is 2.26. The summed E-state index contributed by atoms with van der Waals surface area (Å²) in [6, 6.07) is 9.95. The number of aryl methyl sites for hydroxylation is 1. The van der Waals surface area contributed by atoms with Crippen LogP contribution in [0.2, 0.25) is 0 Å². The lowest BCUT2D eigenvalue weighted by molar-refractivity contribution is 0.459. The maximum Gasteiger partial charge on any atom is 0.224 e. The van der Waals surface area contributed by atoms with E-state index in [4.69, 9.17) is 4.74 Å². The molecule has 1 N–H and O–H groups in total. The van der Waals surface area contributed by atoms with Gasteiger partial charge in [0.2, 0.25) is 5.88 Å². The SMILES string of the molecule is CCNc1cc(Oc2ccc(C(C)(C)C)cc2)nc(C)n1. The van der Waals surface area contributed by atoms with Crippen LogP contribution in [-0.4, -0.2) is 16.5 Å². The molecule has 0 atom stereocenters. The molecule has 4 nitrogen and oxygen atoms in total. The Bertz CT molecular complexity index is 600. The van der Waals surface area contributed by atoms with Crippen molar-refractivity contribution in [3.63, 3.8) is 0 Å². The molecule has 1 aromatic carbocycles. The van der Waals surface area contributed by atoms with Gasteiger partial charge in [0.15, 0.2) is 0 Å². The van der Waals surface area contributed by atoms with Gasteiger partial charge in [0.05, 0.1) is 0 Å². The largest absolute Gasteiger partial charge is 0.439 e. The second kappa shape index (κ2) is 6.12. The summed E-state index contributed by atoms with van der Waals surface area (Å²) in [7, 11) is 0. The molecule has 0 aliphatic heterocycles. The molecular weight excluding hydrogens is 262 g/mol. The summed E-state index contributed by atoms with van der Waals surface area (Å²) in [4.78, 5) is 8.62. The molecule has 0 saturated carbocycles. The van der Waals surface area contributed by atoms with E-state index in [1.165, 1.54) is 5.56 Å². The second-order valence-corrected chi connectivity index (χ2v) is 6.05. The minimum Gasteiger partial charge on any atom is -0.439 e. The van der Waals surface area contributed by atoms with Crippen molar-refractivity contribution in [3.8, 4) is 11.6 Å².